The van der Waals surface area contributed by atoms with Crippen molar-refractivity contribution in [2.75, 3.05) is 27.3 Å². The highest BCUT2D eigenvalue weighted by molar-refractivity contribution is 5.75. The van der Waals surface area contributed by atoms with Gasteiger partial charge < -0.3 is 15.4 Å². The Morgan fingerprint density at radius 1 is 1.29 bits per heavy atom. The average molecular weight is 242 g/mol. The summed E-state index contributed by atoms with van der Waals surface area (Å²) in [5.74, 6) is 0.161. The number of hydrogen-bond acceptors (Lipinski definition) is 3. The van der Waals surface area contributed by atoms with Gasteiger partial charge in [-0.05, 0) is 19.3 Å². The molecule has 0 aromatic carbocycles. The second kappa shape index (κ2) is 6.97. The van der Waals surface area contributed by atoms with Crippen LogP contribution in [0.2, 0.25) is 0 Å². The van der Waals surface area contributed by atoms with Gasteiger partial charge >= 0.3 is 0 Å². The maximum atomic E-state index is 11.3. The number of nitrogens with two attached hydrogens (primary N) is 1. The number of ether oxygens (including phenoxy) is 1. The predicted molar refractivity (Wildman–Crippen MR) is 68.8 cm³/mol. The molecule has 100 valence electrons. The van der Waals surface area contributed by atoms with Gasteiger partial charge in [-0.25, -0.2) is 0 Å². The van der Waals surface area contributed by atoms with Crippen LogP contribution in [0.5, 0.6) is 0 Å². The fourth-order valence-corrected chi connectivity index (χ4v) is 2.22. The molecule has 1 amide bonds. The van der Waals surface area contributed by atoms with Crippen molar-refractivity contribution >= 4 is 5.91 Å². The Morgan fingerprint density at radius 3 is 2.53 bits per heavy atom. The molecule has 0 aromatic rings. The summed E-state index contributed by atoms with van der Waals surface area (Å²) in [5.41, 5.74) is 6.14. The van der Waals surface area contributed by atoms with Gasteiger partial charge in [-0.15, -0.1) is 0 Å². The standard InChI is InChI=1S/C13H26N2O2/c1-15(2)12(16)7-6-10-17-11-13(14)8-4-3-5-9-13/h3-11,14H2,1-2H3. The second-order valence-corrected chi connectivity index (χ2v) is 5.37. The molecular formula is C13H26N2O2. The van der Waals surface area contributed by atoms with Gasteiger partial charge in [0.1, 0.15) is 0 Å². The summed E-state index contributed by atoms with van der Waals surface area (Å²) in [6, 6.07) is 0. The Bertz CT molecular complexity index is 236. The molecule has 0 unspecified atom stereocenters. The van der Waals surface area contributed by atoms with Crippen molar-refractivity contribution in [1.82, 2.24) is 4.90 Å². The molecule has 0 aromatic heterocycles. The van der Waals surface area contributed by atoms with Crippen molar-refractivity contribution in [3.8, 4) is 0 Å². The summed E-state index contributed by atoms with van der Waals surface area (Å²) >= 11 is 0. The number of carbonyl (C=O) groups is 1. The molecule has 1 aliphatic rings. The van der Waals surface area contributed by atoms with Gasteiger partial charge in [0.25, 0.3) is 0 Å². The third kappa shape index (κ3) is 5.50. The smallest absolute Gasteiger partial charge is 0.222 e. The molecule has 0 saturated heterocycles. The normalized spacial score (nSPS) is 19.0. The Balaban J connectivity index is 2.05. The van der Waals surface area contributed by atoms with Gasteiger partial charge in [0, 0.05) is 32.7 Å². The number of hydrogen-bond donors (Lipinski definition) is 1. The van der Waals surface area contributed by atoms with Crippen LogP contribution in [-0.2, 0) is 9.53 Å². The summed E-state index contributed by atoms with van der Waals surface area (Å²) < 4.78 is 5.61. The summed E-state index contributed by atoms with van der Waals surface area (Å²) in [6.07, 6.45) is 7.24. The van der Waals surface area contributed by atoms with E-state index in [1.807, 2.05) is 0 Å². The molecular weight excluding hydrogens is 216 g/mol. The molecule has 0 aliphatic heterocycles. The van der Waals surface area contributed by atoms with Crippen molar-refractivity contribution < 1.29 is 9.53 Å². The summed E-state index contributed by atoms with van der Waals surface area (Å²) in [7, 11) is 3.56. The first-order chi connectivity index (χ1) is 8.03. The lowest BCUT2D eigenvalue weighted by molar-refractivity contribution is -0.129. The van der Waals surface area contributed by atoms with Crippen LogP contribution in [0.3, 0.4) is 0 Å². The lowest BCUT2D eigenvalue weighted by Crippen LogP contribution is -2.46. The second-order valence-electron chi connectivity index (χ2n) is 5.37. The van der Waals surface area contributed by atoms with Crippen molar-refractivity contribution in [2.24, 2.45) is 5.73 Å². The number of nitrogens with zero attached hydrogens (tertiary/aromatic N) is 1. The molecule has 4 nitrogen and oxygen atoms in total. The molecule has 0 radical (unpaired) electrons. The maximum Gasteiger partial charge on any atom is 0.222 e. The van der Waals surface area contributed by atoms with E-state index in [9.17, 15) is 4.79 Å². The highest BCUT2D eigenvalue weighted by Crippen LogP contribution is 2.25. The predicted octanol–water partition coefficient (Wildman–Crippen LogP) is 1.53. The van der Waals surface area contributed by atoms with Crippen molar-refractivity contribution in [1.29, 1.82) is 0 Å². The van der Waals surface area contributed by atoms with Crippen molar-refractivity contribution in [2.45, 2.75) is 50.5 Å². The van der Waals surface area contributed by atoms with E-state index in [0.29, 0.717) is 19.6 Å². The van der Waals surface area contributed by atoms with E-state index in [2.05, 4.69) is 0 Å². The third-order valence-corrected chi connectivity index (χ3v) is 3.42. The first-order valence-corrected chi connectivity index (χ1v) is 6.60. The van der Waals surface area contributed by atoms with Crippen LogP contribution in [-0.4, -0.2) is 43.7 Å². The molecule has 1 aliphatic carbocycles. The molecule has 1 saturated carbocycles. The first-order valence-electron chi connectivity index (χ1n) is 6.60. The topological polar surface area (TPSA) is 55.6 Å². The van der Waals surface area contributed by atoms with Crippen LogP contribution in [0.25, 0.3) is 0 Å². The average Bonchev–Trinajstić information content (AvgIpc) is 2.29. The minimum Gasteiger partial charge on any atom is -0.380 e. The molecule has 4 heteroatoms. The fourth-order valence-electron chi connectivity index (χ4n) is 2.22. The zero-order valence-electron chi connectivity index (χ0n) is 11.2. The van der Waals surface area contributed by atoms with E-state index >= 15 is 0 Å². The quantitative estimate of drug-likeness (QED) is 0.719. The Labute approximate surface area is 104 Å². The van der Waals surface area contributed by atoms with E-state index in [1.54, 1.807) is 19.0 Å². The SMILES string of the molecule is CN(C)C(=O)CCCOCC1(N)CCCCC1. The van der Waals surface area contributed by atoms with E-state index in [-0.39, 0.29) is 11.4 Å². The molecule has 2 N–H and O–H groups in total. The lowest BCUT2D eigenvalue weighted by atomic mass is 9.83. The van der Waals surface area contributed by atoms with Gasteiger partial charge in [0.15, 0.2) is 0 Å². The first kappa shape index (κ1) is 14.5. The molecule has 17 heavy (non-hydrogen) atoms. The molecule has 1 fully saturated rings. The highest BCUT2D eigenvalue weighted by Gasteiger charge is 2.27. The fraction of sp³-hybridized carbons (Fsp3) is 0.923. The molecule has 0 spiro atoms. The lowest BCUT2D eigenvalue weighted by Gasteiger charge is -2.33. The summed E-state index contributed by atoms with van der Waals surface area (Å²) in [4.78, 5) is 12.9. The van der Waals surface area contributed by atoms with Crippen LogP contribution in [0.15, 0.2) is 0 Å². The highest BCUT2D eigenvalue weighted by atomic mass is 16.5. The Morgan fingerprint density at radius 2 is 1.94 bits per heavy atom. The monoisotopic (exact) mass is 242 g/mol. The van der Waals surface area contributed by atoms with E-state index in [0.717, 1.165) is 19.3 Å². The third-order valence-electron chi connectivity index (χ3n) is 3.42. The van der Waals surface area contributed by atoms with Crippen LogP contribution in [0.1, 0.15) is 44.9 Å². The van der Waals surface area contributed by atoms with E-state index in [1.165, 1.54) is 19.3 Å². The molecule has 0 bridgehead atoms. The van der Waals surface area contributed by atoms with Crippen LogP contribution in [0, 0.1) is 0 Å². The molecule has 0 heterocycles. The van der Waals surface area contributed by atoms with Crippen LogP contribution >= 0.6 is 0 Å². The minimum absolute atomic E-state index is 0.107. The molecule has 0 atom stereocenters. The minimum atomic E-state index is -0.107. The van der Waals surface area contributed by atoms with Crippen molar-refractivity contribution in [3.05, 3.63) is 0 Å². The maximum absolute atomic E-state index is 11.3. The van der Waals surface area contributed by atoms with Gasteiger partial charge in [0.05, 0.1) is 6.61 Å². The molecule has 1 rings (SSSR count). The summed E-state index contributed by atoms with van der Waals surface area (Å²) in [5, 5.41) is 0. The van der Waals surface area contributed by atoms with Crippen LogP contribution in [0.4, 0.5) is 0 Å². The summed E-state index contributed by atoms with van der Waals surface area (Å²) in [6.45, 7) is 1.28. The number of amides is 1. The van der Waals surface area contributed by atoms with Gasteiger partial charge in [0.2, 0.25) is 5.91 Å². The zero-order valence-corrected chi connectivity index (χ0v) is 11.2. The van der Waals surface area contributed by atoms with Crippen molar-refractivity contribution in [3.63, 3.8) is 0 Å². The zero-order chi connectivity index (χ0) is 12.7. The van der Waals surface area contributed by atoms with E-state index in [4.69, 9.17) is 10.5 Å². The largest absolute Gasteiger partial charge is 0.380 e. The Kier molecular flexibility index (Phi) is 5.92. The Hall–Kier alpha value is -0.610. The number of rotatable bonds is 6. The van der Waals surface area contributed by atoms with Gasteiger partial charge in [-0.3, -0.25) is 4.79 Å². The van der Waals surface area contributed by atoms with Gasteiger partial charge in [-0.2, -0.15) is 0 Å². The number of carbonyl (C=O) groups excluding carboxylic acids is 1. The van der Waals surface area contributed by atoms with Gasteiger partial charge in [-0.1, -0.05) is 19.3 Å². The van der Waals surface area contributed by atoms with E-state index < -0.39 is 0 Å². The van der Waals surface area contributed by atoms with Crippen LogP contribution < -0.4 is 5.73 Å².